The van der Waals surface area contributed by atoms with Crippen molar-refractivity contribution in [3.05, 3.63) is 11.6 Å². The molecule has 3 rings (SSSR count). The number of allylic oxidation sites excluding steroid dienone is 1. The predicted molar refractivity (Wildman–Crippen MR) is 74.8 cm³/mol. The fourth-order valence-corrected chi connectivity index (χ4v) is 3.91. The maximum Gasteiger partial charge on any atom is 0.249 e. The summed E-state index contributed by atoms with van der Waals surface area (Å²) in [4.78, 5) is 14.7. The van der Waals surface area contributed by atoms with Gasteiger partial charge in [0.05, 0.1) is 12.1 Å². The molecule has 2 saturated heterocycles. The highest BCUT2D eigenvalue weighted by atomic mass is 16.5. The molecule has 106 valence electrons. The number of nitrogens with zero attached hydrogens (tertiary/aromatic N) is 1. The Morgan fingerprint density at radius 1 is 1.37 bits per heavy atom. The van der Waals surface area contributed by atoms with Crippen LogP contribution in [0.1, 0.15) is 52.4 Å². The molecule has 0 aromatic rings. The largest absolute Gasteiger partial charge is 0.376 e. The minimum Gasteiger partial charge on any atom is -0.376 e. The molecule has 3 aliphatic rings. The van der Waals surface area contributed by atoms with Crippen molar-refractivity contribution in [2.24, 2.45) is 5.41 Å². The number of rotatable bonds is 2. The van der Waals surface area contributed by atoms with E-state index in [2.05, 4.69) is 24.8 Å². The van der Waals surface area contributed by atoms with E-state index in [1.807, 2.05) is 0 Å². The Bertz CT molecular complexity index is 394. The first-order valence-electron chi connectivity index (χ1n) is 7.71. The van der Waals surface area contributed by atoms with E-state index < -0.39 is 0 Å². The minimum absolute atomic E-state index is 0.208. The second kappa shape index (κ2) is 4.93. The Morgan fingerprint density at radius 3 is 2.79 bits per heavy atom. The molecule has 0 bridgehead atoms. The summed E-state index contributed by atoms with van der Waals surface area (Å²) in [6.45, 7) is 6.27. The van der Waals surface area contributed by atoms with E-state index in [9.17, 15) is 4.79 Å². The molecule has 1 amide bonds. The topological polar surface area (TPSA) is 29.5 Å². The third-order valence-corrected chi connectivity index (χ3v) is 4.86. The van der Waals surface area contributed by atoms with Crippen LogP contribution in [0.3, 0.4) is 0 Å². The number of hydrogen-bond donors (Lipinski definition) is 0. The van der Waals surface area contributed by atoms with Gasteiger partial charge in [-0.3, -0.25) is 4.79 Å². The number of likely N-dealkylation sites (tertiary alicyclic amines) is 1. The molecule has 2 heterocycles. The van der Waals surface area contributed by atoms with Gasteiger partial charge in [0.15, 0.2) is 0 Å². The van der Waals surface area contributed by atoms with Crippen LogP contribution in [0.4, 0.5) is 0 Å². The number of carbonyl (C=O) groups excluding carboxylic acids is 1. The van der Waals surface area contributed by atoms with Gasteiger partial charge < -0.3 is 9.64 Å². The highest BCUT2D eigenvalue weighted by molar-refractivity contribution is 5.94. The highest BCUT2D eigenvalue weighted by Crippen LogP contribution is 2.43. The number of hydrogen-bond acceptors (Lipinski definition) is 2. The molecule has 2 fully saturated rings. The maximum absolute atomic E-state index is 12.6. The quantitative estimate of drug-likeness (QED) is 0.766. The third kappa shape index (κ3) is 2.33. The van der Waals surface area contributed by atoms with Gasteiger partial charge in [-0.05, 0) is 38.5 Å². The van der Waals surface area contributed by atoms with Crippen LogP contribution >= 0.6 is 0 Å². The lowest BCUT2D eigenvalue weighted by Crippen LogP contribution is -2.68. The molecule has 0 saturated carbocycles. The summed E-state index contributed by atoms with van der Waals surface area (Å²) >= 11 is 0. The molecule has 2 aliphatic heterocycles. The van der Waals surface area contributed by atoms with Crippen LogP contribution < -0.4 is 0 Å². The summed E-state index contributed by atoms with van der Waals surface area (Å²) < 4.78 is 5.85. The Balaban J connectivity index is 1.73. The fourth-order valence-electron chi connectivity index (χ4n) is 3.91. The lowest BCUT2D eigenvalue weighted by atomic mass is 9.71. The van der Waals surface area contributed by atoms with Crippen LogP contribution in [-0.2, 0) is 9.53 Å². The molecular formula is C16H25NO2. The summed E-state index contributed by atoms with van der Waals surface area (Å²) in [5.41, 5.74) is 1.25. The Hall–Kier alpha value is -0.830. The normalized spacial score (nSPS) is 33.8. The van der Waals surface area contributed by atoms with Crippen molar-refractivity contribution in [2.75, 3.05) is 13.2 Å². The van der Waals surface area contributed by atoms with E-state index in [1.165, 1.54) is 12.8 Å². The van der Waals surface area contributed by atoms with Gasteiger partial charge in [-0.1, -0.05) is 19.9 Å². The smallest absolute Gasteiger partial charge is 0.249 e. The second-order valence-electron chi connectivity index (χ2n) is 6.89. The van der Waals surface area contributed by atoms with Gasteiger partial charge >= 0.3 is 0 Å². The molecule has 2 atom stereocenters. The SMILES string of the molecule is CC1(C)CN(C(=O)C2=CCCCC2)C1C1CCCO1. The van der Waals surface area contributed by atoms with Crippen molar-refractivity contribution < 1.29 is 9.53 Å². The van der Waals surface area contributed by atoms with Gasteiger partial charge in [0.2, 0.25) is 5.91 Å². The number of ether oxygens (including phenoxy) is 1. The van der Waals surface area contributed by atoms with Crippen LogP contribution in [0.25, 0.3) is 0 Å². The number of carbonyl (C=O) groups is 1. The molecule has 3 heteroatoms. The molecule has 1 aliphatic carbocycles. The Morgan fingerprint density at radius 2 is 2.21 bits per heavy atom. The first-order valence-corrected chi connectivity index (χ1v) is 7.71. The zero-order valence-electron chi connectivity index (χ0n) is 12.2. The van der Waals surface area contributed by atoms with Crippen molar-refractivity contribution in [3.8, 4) is 0 Å². The minimum atomic E-state index is 0.208. The second-order valence-corrected chi connectivity index (χ2v) is 6.89. The van der Waals surface area contributed by atoms with E-state index in [0.717, 1.165) is 44.4 Å². The van der Waals surface area contributed by atoms with Crippen molar-refractivity contribution in [2.45, 2.75) is 64.5 Å². The zero-order valence-corrected chi connectivity index (χ0v) is 12.2. The van der Waals surface area contributed by atoms with Gasteiger partial charge in [0.25, 0.3) is 0 Å². The van der Waals surface area contributed by atoms with E-state index in [1.54, 1.807) is 0 Å². The van der Waals surface area contributed by atoms with Crippen molar-refractivity contribution in [1.29, 1.82) is 0 Å². The maximum atomic E-state index is 12.6. The zero-order chi connectivity index (χ0) is 13.5. The summed E-state index contributed by atoms with van der Waals surface area (Å²) in [5, 5.41) is 0. The standard InChI is InChI=1S/C16H25NO2/c1-16(2)11-17(14(16)13-9-6-10-19-13)15(18)12-7-4-3-5-8-12/h7,13-14H,3-6,8-11H2,1-2H3. The average molecular weight is 263 g/mol. The molecule has 0 radical (unpaired) electrons. The highest BCUT2D eigenvalue weighted by Gasteiger charge is 2.53. The van der Waals surface area contributed by atoms with Crippen LogP contribution in [0.5, 0.6) is 0 Å². The van der Waals surface area contributed by atoms with Crippen molar-refractivity contribution in [3.63, 3.8) is 0 Å². The molecule has 0 aromatic carbocycles. The molecular weight excluding hydrogens is 238 g/mol. The van der Waals surface area contributed by atoms with E-state index in [0.29, 0.717) is 0 Å². The molecule has 2 unspecified atom stereocenters. The molecule has 0 aromatic heterocycles. The Labute approximate surface area is 116 Å². The predicted octanol–water partition coefficient (Wildman–Crippen LogP) is 2.90. The van der Waals surface area contributed by atoms with Gasteiger partial charge in [-0.15, -0.1) is 0 Å². The lowest BCUT2D eigenvalue weighted by Gasteiger charge is -2.56. The summed E-state index contributed by atoms with van der Waals surface area (Å²) in [6, 6.07) is 0.283. The molecule has 19 heavy (non-hydrogen) atoms. The van der Waals surface area contributed by atoms with E-state index >= 15 is 0 Å². The first kappa shape index (κ1) is 13.2. The molecule has 0 N–H and O–H groups in total. The van der Waals surface area contributed by atoms with E-state index in [-0.39, 0.29) is 23.5 Å². The van der Waals surface area contributed by atoms with Gasteiger partial charge in [-0.25, -0.2) is 0 Å². The number of amides is 1. The van der Waals surface area contributed by atoms with Crippen LogP contribution in [0, 0.1) is 5.41 Å². The third-order valence-electron chi connectivity index (χ3n) is 4.86. The van der Waals surface area contributed by atoms with Gasteiger partial charge in [-0.2, -0.15) is 0 Å². The molecule has 3 nitrogen and oxygen atoms in total. The van der Waals surface area contributed by atoms with Crippen LogP contribution in [-0.4, -0.2) is 36.1 Å². The monoisotopic (exact) mass is 263 g/mol. The van der Waals surface area contributed by atoms with E-state index in [4.69, 9.17) is 4.74 Å². The van der Waals surface area contributed by atoms with Crippen LogP contribution in [0.2, 0.25) is 0 Å². The first-order chi connectivity index (χ1) is 9.09. The van der Waals surface area contributed by atoms with Crippen molar-refractivity contribution in [1.82, 2.24) is 4.90 Å². The lowest BCUT2D eigenvalue weighted by molar-refractivity contribution is -0.160. The van der Waals surface area contributed by atoms with Crippen LogP contribution in [0.15, 0.2) is 11.6 Å². The summed E-state index contributed by atoms with van der Waals surface area (Å²) in [5.74, 6) is 0.277. The van der Waals surface area contributed by atoms with Gasteiger partial charge in [0, 0.05) is 24.1 Å². The summed E-state index contributed by atoms with van der Waals surface area (Å²) in [6.07, 6.45) is 9.10. The molecule has 0 spiro atoms. The summed E-state index contributed by atoms with van der Waals surface area (Å²) in [7, 11) is 0. The van der Waals surface area contributed by atoms with Gasteiger partial charge in [0.1, 0.15) is 0 Å². The fraction of sp³-hybridized carbons (Fsp3) is 0.812. The van der Waals surface area contributed by atoms with Crippen molar-refractivity contribution >= 4 is 5.91 Å². The Kier molecular flexibility index (Phi) is 3.42. The average Bonchev–Trinajstić information content (AvgIpc) is 2.90.